The van der Waals surface area contributed by atoms with Crippen molar-refractivity contribution in [1.82, 2.24) is 4.57 Å². The Morgan fingerprint density at radius 3 is 2.53 bits per heavy atom. The van der Waals surface area contributed by atoms with Crippen LogP contribution in [-0.4, -0.2) is 18.8 Å². The number of nitrogens with two attached hydrogens (primary N) is 1. The summed E-state index contributed by atoms with van der Waals surface area (Å²) in [6, 6.07) is 19.0. The minimum absolute atomic E-state index is 0.0329. The van der Waals surface area contributed by atoms with Crippen LogP contribution in [0.1, 0.15) is 28.3 Å². The number of allylic oxidation sites excluding steroid dienone is 1. The summed E-state index contributed by atoms with van der Waals surface area (Å²) < 4.78 is 18.4. The maximum Gasteiger partial charge on any atom is 0.259 e. The highest BCUT2D eigenvalue weighted by Gasteiger charge is 2.36. The average molecular weight is 429 g/mol. The molecule has 0 radical (unpaired) electrons. The Morgan fingerprint density at radius 2 is 1.88 bits per heavy atom. The van der Waals surface area contributed by atoms with Crippen LogP contribution in [0.3, 0.4) is 0 Å². The SMILES string of the molecule is COc1cccc([C@H]2C(C#N)=C(N)Oc3cc(C)n(Cc4ccccc4)c(=O)c32)c1OC. The molecule has 162 valence electrons. The molecule has 1 aromatic heterocycles. The first-order valence-electron chi connectivity index (χ1n) is 10.1. The van der Waals surface area contributed by atoms with E-state index in [4.69, 9.17) is 19.9 Å². The number of fused-ring (bicyclic) bond motifs is 1. The van der Waals surface area contributed by atoms with E-state index in [1.54, 1.807) is 28.8 Å². The van der Waals surface area contributed by atoms with Crippen LogP contribution >= 0.6 is 0 Å². The van der Waals surface area contributed by atoms with Gasteiger partial charge in [-0.2, -0.15) is 5.26 Å². The van der Waals surface area contributed by atoms with Gasteiger partial charge in [0.15, 0.2) is 11.5 Å². The highest BCUT2D eigenvalue weighted by atomic mass is 16.5. The molecule has 7 nitrogen and oxygen atoms in total. The smallest absolute Gasteiger partial charge is 0.259 e. The first-order valence-corrected chi connectivity index (χ1v) is 10.1. The zero-order chi connectivity index (χ0) is 22.8. The predicted octanol–water partition coefficient (Wildman–Crippen LogP) is 3.44. The van der Waals surface area contributed by atoms with Crippen LogP contribution in [0.4, 0.5) is 0 Å². The van der Waals surface area contributed by atoms with Crippen molar-refractivity contribution >= 4 is 0 Å². The van der Waals surface area contributed by atoms with Crippen molar-refractivity contribution in [2.75, 3.05) is 14.2 Å². The number of ether oxygens (including phenoxy) is 3. The van der Waals surface area contributed by atoms with Crippen molar-refractivity contribution in [2.24, 2.45) is 5.73 Å². The number of hydrogen-bond acceptors (Lipinski definition) is 6. The fraction of sp³-hybridized carbons (Fsp3) is 0.200. The molecule has 1 atom stereocenters. The van der Waals surface area contributed by atoms with E-state index in [9.17, 15) is 10.1 Å². The summed E-state index contributed by atoms with van der Waals surface area (Å²) in [5, 5.41) is 9.91. The largest absolute Gasteiger partial charge is 0.493 e. The van der Waals surface area contributed by atoms with Gasteiger partial charge >= 0.3 is 0 Å². The number of methoxy groups -OCH3 is 2. The fourth-order valence-electron chi connectivity index (χ4n) is 4.10. The molecule has 1 aliphatic heterocycles. The Balaban J connectivity index is 1.98. The van der Waals surface area contributed by atoms with Crippen LogP contribution < -0.4 is 25.5 Å². The number of para-hydroxylation sites is 1. The number of benzene rings is 2. The van der Waals surface area contributed by atoms with E-state index >= 15 is 0 Å². The lowest BCUT2D eigenvalue weighted by molar-refractivity contribution is 0.348. The molecule has 0 spiro atoms. The molecule has 0 unspecified atom stereocenters. The van der Waals surface area contributed by atoms with Crippen LogP contribution in [0.2, 0.25) is 0 Å². The van der Waals surface area contributed by atoms with Crippen LogP contribution in [0, 0.1) is 18.3 Å². The monoisotopic (exact) mass is 429 g/mol. The number of pyridine rings is 1. The van der Waals surface area contributed by atoms with Crippen LogP contribution in [0.15, 0.2) is 70.8 Å². The van der Waals surface area contributed by atoms with Crippen molar-refractivity contribution in [3.8, 4) is 23.3 Å². The van der Waals surface area contributed by atoms with Gasteiger partial charge in [-0.15, -0.1) is 0 Å². The summed E-state index contributed by atoms with van der Waals surface area (Å²) in [5.41, 5.74) is 8.66. The van der Waals surface area contributed by atoms with Crippen molar-refractivity contribution in [1.29, 1.82) is 5.26 Å². The molecule has 32 heavy (non-hydrogen) atoms. The Kier molecular flexibility index (Phi) is 5.61. The summed E-state index contributed by atoms with van der Waals surface area (Å²) >= 11 is 0. The first kappa shape index (κ1) is 21.1. The number of rotatable bonds is 5. The van der Waals surface area contributed by atoms with Crippen LogP contribution in [0.5, 0.6) is 17.2 Å². The maximum absolute atomic E-state index is 13.8. The Bertz CT molecular complexity index is 1300. The minimum Gasteiger partial charge on any atom is -0.493 e. The van der Waals surface area contributed by atoms with Crippen LogP contribution in [0.25, 0.3) is 0 Å². The van der Waals surface area contributed by atoms with Gasteiger partial charge in [0.1, 0.15) is 17.4 Å². The first-order chi connectivity index (χ1) is 15.5. The minimum atomic E-state index is -0.760. The number of aromatic nitrogens is 1. The van der Waals surface area contributed by atoms with Gasteiger partial charge in [0.2, 0.25) is 5.88 Å². The van der Waals surface area contributed by atoms with E-state index in [1.165, 1.54) is 14.2 Å². The summed E-state index contributed by atoms with van der Waals surface area (Å²) in [6.07, 6.45) is 0. The molecule has 2 heterocycles. The lowest BCUT2D eigenvalue weighted by atomic mass is 9.83. The molecule has 0 aliphatic carbocycles. The van der Waals surface area contributed by atoms with Gasteiger partial charge in [0.05, 0.1) is 32.2 Å². The molecular formula is C25H23N3O4. The standard InChI is InChI=1S/C25H23N3O4/c1-15-12-20-22(25(29)28(15)14-16-8-5-4-6-9-16)21(18(13-26)24(27)32-20)17-10-7-11-19(30-2)23(17)31-3/h4-12,21H,14,27H2,1-3H3/t21-/m0/s1. The summed E-state index contributed by atoms with van der Waals surface area (Å²) in [7, 11) is 3.05. The number of aryl methyl sites for hydroxylation is 1. The van der Waals surface area contributed by atoms with Gasteiger partial charge in [-0.05, 0) is 18.6 Å². The Labute approximate surface area is 185 Å². The highest BCUT2D eigenvalue weighted by Crippen LogP contribution is 2.46. The van der Waals surface area contributed by atoms with Crippen molar-refractivity contribution < 1.29 is 14.2 Å². The average Bonchev–Trinajstić information content (AvgIpc) is 2.81. The van der Waals surface area contributed by atoms with Gasteiger partial charge in [-0.1, -0.05) is 42.5 Å². The second-order valence-electron chi connectivity index (χ2n) is 7.45. The summed E-state index contributed by atoms with van der Waals surface area (Å²) in [5.74, 6) is 0.468. The second kappa shape index (κ2) is 8.52. The molecular weight excluding hydrogens is 406 g/mol. The molecule has 0 amide bonds. The van der Waals surface area contributed by atoms with E-state index in [0.29, 0.717) is 34.9 Å². The maximum atomic E-state index is 13.8. The van der Waals surface area contributed by atoms with E-state index < -0.39 is 5.92 Å². The molecule has 4 rings (SSSR count). The predicted molar refractivity (Wildman–Crippen MR) is 120 cm³/mol. The molecule has 3 aromatic rings. The van der Waals surface area contributed by atoms with E-state index in [0.717, 1.165) is 11.3 Å². The van der Waals surface area contributed by atoms with Gasteiger partial charge in [-0.3, -0.25) is 4.79 Å². The summed E-state index contributed by atoms with van der Waals surface area (Å²) in [6.45, 7) is 2.23. The number of hydrogen-bond donors (Lipinski definition) is 1. The molecule has 0 fully saturated rings. The lowest BCUT2D eigenvalue weighted by Crippen LogP contribution is -2.33. The van der Waals surface area contributed by atoms with Gasteiger partial charge in [-0.25, -0.2) is 0 Å². The third kappa shape index (κ3) is 3.46. The molecule has 1 aliphatic rings. The van der Waals surface area contributed by atoms with E-state index in [1.807, 2.05) is 37.3 Å². The zero-order valence-electron chi connectivity index (χ0n) is 18.1. The number of nitriles is 1. The fourth-order valence-corrected chi connectivity index (χ4v) is 4.10. The van der Waals surface area contributed by atoms with Gasteiger partial charge in [0, 0.05) is 17.3 Å². The molecule has 7 heteroatoms. The molecule has 2 N–H and O–H groups in total. The van der Waals surface area contributed by atoms with Crippen molar-refractivity contribution in [3.05, 3.63) is 98.8 Å². The van der Waals surface area contributed by atoms with E-state index in [-0.39, 0.29) is 17.0 Å². The number of nitrogens with zero attached hydrogens (tertiary/aromatic N) is 2. The molecule has 0 saturated heterocycles. The Morgan fingerprint density at radius 1 is 1.12 bits per heavy atom. The lowest BCUT2D eigenvalue weighted by Gasteiger charge is -2.28. The second-order valence-corrected chi connectivity index (χ2v) is 7.45. The van der Waals surface area contributed by atoms with Gasteiger partial charge < -0.3 is 24.5 Å². The summed E-state index contributed by atoms with van der Waals surface area (Å²) in [4.78, 5) is 13.8. The topological polar surface area (TPSA) is 99.5 Å². The van der Waals surface area contributed by atoms with Crippen LogP contribution in [-0.2, 0) is 6.54 Å². The van der Waals surface area contributed by atoms with Crippen molar-refractivity contribution in [3.63, 3.8) is 0 Å². The third-order valence-corrected chi connectivity index (χ3v) is 5.62. The van der Waals surface area contributed by atoms with Gasteiger partial charge in [0.25, 0.3) is 5.56 Å². The quantitative estimate of drug-likeness (QED) is 0.667. The highest BCUT2D eigenvalue weighted by molar-refractivity contribution is 5.60. The van der Waals surface area contributed by atoms with Crippen molar-refractivity contribution in [2.45, 2.75) is 19.4 Å². The Hall–Kier alpha value is -4.18. The van der Waals surface area contributed by atoms with E-state index in [2.05, 4.69) is 6.07 Å². The third-order valence-electron chi connectivity index (χ3n) is 5.62. The zero-order valence-corrected chi connectivity index (χ0v) is 18.1. The molecule has 2 aromatic carbocycles. The molecule has 0 bridgehead atoms. The normalized spacial score (nSPS) is 14.9. The molecule has 0 saturated carbocycles.